The van der Waals surface area contributed by atoms with Gasteiger partial charge in [-0.2, -0.15) is 5.10 Å². The summed E-state index contributed by atoms with van der Waals surface area (Å²) < 4.78 is 66.3. The summed E-state index contributed by atoms with van der Waals surface area (Å²) in [7, 11) is -2.86. The van der Waals surface area contributed by atoms with Gasteiger partial charge in [-0.1, -0.05) is 0 Å². The van der Waals surface area contributed by atoms with Crippen molar-refractivity contribution in [3.8, 4) is 11.4 Å². The minimum absolute atomic E-state index is 0.147. The van der Waals surface area contributed by atoms with E-state index in [0.717, 1.165) is 57.1 Å². The van der Waals surface area contributed by atoms with Crippen molar-refractivity contribution in [2.45, 2.75) is 31.7 Å². The lowest BCUT2D eigenvalue weighted by Crippen LogP contribution is -2.57. The van der Waals surface area contributed by atoms with E-state index in [0.29, 0.717) is 18.8 Å². The van der Waals surface area contributed by atoms with Gasteiger partial charge in [0.05, 0.1) is 17.2 Å². The van der Waals surface area contributed by atoms with E-state index in [2.05, 4.69) is 19.4 Å². The highest BCUT2D eigenvalue weighted by Gasteiger charge is 2.51. The minimum atomic E-state index is -4.72. The lowest BCUT2D eigenvalue weighted by molar-refractivity contribution is -0.274. The number of sulfone groups is 1. The molecule has 0 unspecified atom stereocenters. The molecule has 2 aromatic rings. The van der Waals surface area contributed by atoms with Crippen LogP contribution in [0, 0.1) is 6.92 Å². The molecule has 0 N–H and O–H groups in total. The largest absolute Gasteiger partial charge is 0.573 e. The molecule has 8 nitrogen and oxygen atoms in total. The lowest BCUT2D eigenvalue weighted by Gasteiger charge is -2.43. The van der Waals surface area contributed by atoms with Crippen LogP contribution in [0.4, 0.5) is 19.0 Å². The molecule has 192 valence electrons. The SMILES string of the molecule is Cc1cc(N2CCN(CCN3CCS(=O)(=O)CC3)C3(CC3)C2)nn1-c1ccc(OC(F)(F)F)cc1. The van der Waals surface area contributed by atoms with Crippen molar-refractivity contribution >= 4 is 15.7 Å². The van der Waals surface area contributed by atoms with Gasteiger partial charge in [0.25, 0.3) is 0 Å². The molecule has 2 saturated heterocycles. The Bertz CT molecular complexity index is 1150. The molecule has 0 atom stereocenters. The van der Waals surface area contributed by atoms with Crippen LogP contribution in [-0.4, -0.2) is 97.2 Å². The maximum absolute atomic E-state index is 12.4. The second kappa shape index (κ2) is 8.97. The van der Waals surface area contributed by atoms with Crippen molar-refractivity contribution in [1.82, 2.24) is 19.6 Å². The summed E-state index contributed by atoms with van der Waals surface area (Å²) in [4.78, 5) is 7.09. The molecule has 12 heteroatoms. The van der Waals surface area contributed by atoms with Crippen LogP contribution in [0.15, 0.2) is 30.3 Å². The maximum Gasteiger partial charge on any atom is 0.573 e. The summed E-state index contributed by atoms with van der Waals surface area (Å²) in [5.41, 5.74) is 1.72. The van der Waals surface area contributed by atoms with Gasteiger partial charge < -0.3 is 14.5 Å². The van der Waals surface area contributed by atoms with Crippen LogP contribution in [0.1, 0.15) is 18.5 Å². The molecule has 1 spiro atoms. The van der Waals surface area contributed by atoms with E-state index in [1.807, 2.05) is 13.0 Å². The smallest absolute Gasteiger partial charge is 0.406 e. The Morgan fingerprint density at radius 1 is 1.03 bits per heavy atom. The first kappa shape index (κ1) is 24.4. The van der Waals surface area contributed by atoms with Gasteiger partial charge in [-0.05, 0) is 44.0 Å². The van der Waals surface area contributed by atoms with E-state index in [9.17, 15) is 21.6 Å². The Morgan fingerprint density at radius 2 is 1.71 bits per heavy atom. The summed E-state index contributed by atoms with van der Waals surface area (Å²) >= 11 is 0. The van der Waals surface area contributed by atoms with Crippen LogP contribution in [-0.2, 0) is 9.84 Å². The zero-order valence-corrected chi connectivity index (χ0v) is 20.5. The molecular formula is C23H30F3N5O3S. The number of anilines is 1. The zero-order valence-electron chi connectivity index (χ0n) is 19.7. The Balaban J connectivity index is 1.21. The van der Waals surface area contributed by atoms with Crippen LogP contribution in [0.3, 0.4) is 0 Å². The first-order valence-electron chi connectivity index (χ1n) is 11.9. The average molecular weight is 514 g/mol. The number of rotatable bonds is 6. The number of alkyl halides is 3. The van der Waals surface area contributed by atoms with Gasteiger partial charge >= 0.3 is 6.36 Å². The third-order valence-electron chi connectivity index (χ3n) is 7.26. The Kier molecular flexibility index (Phi) is 6.25. The number of halogens is 3. The number of hydrogen-bond donors (Lipinski definition) is 0. The normalized spacial score (nSPS) is 22.5. The highest BCUT2D eigenvalue weighted by Crippen LogP contribution is 2.45. The molecule has 3 heterocycles. The lowest BCUT2D eigenvalue weighted by atomic mass is 10.1. The summed E-state index contributed by atoms with van der Waals surface area (Å²) in [5, 5.41) is 4.76. The van der Waals surface area contributed by atoms with Crippen LogP contribution >= 0.6 is 0 Å². The highest BCUT2D eigenvalue weighted by atomic mass is 32.2. The highest BCUT2D eigenvalue weighted by molar-refractivity contribution is 7.91. The van der Waals surface area contributed by atoms with E-state index in [1.54, 1.807) is 16.8 Å². The van der Waals surface area contributed by atoms with E-state index in [-0.39, 0.29) is 22.8 Å². The van der Waals surface area contributed by atoms with E-state index in [4.69, 9.17) is 5.10 Å². The van der Waals surface area contributed by atoms with Crippen molar-refractivity contribution in [3.63, 3.8) is 0 Å². The summed E-state index contributed by atoms with van der Waals surface area (Å²) in [6, 6.07) is 7.73. The quantitative estimate of drug-likeness (QED) is 0.588. The molecule has 3 fully saturated rings. The number of aromatic nitrogens is 2. The van der Waals surface area contributed by atoms with Crippen molar-refractivity contribution in [1.29, 1.82) is 0 Å². The van der Waals surface area contributed by atoms with E-state index >= 15 is 0 Å². The van der Waals surface area contributed by atoms with Gasteiger partial charge in [0.2, 0.25) is 0 Å². The fourth-order valence-electron chi connectivity index (χ4n) is 5.08. The molecule has 3 aliphatic rings. The third kappa shape index (κ3) is 5.59. The number of hydrogen-bond acceptors (Lipinski definition) is 7. The fraction of sp³-hybridized carbons (Fsp3) is 0.609. The van der Waals surface area contributed by atoms with E-state index in [1.165, 1.54) is 12.1 Å². The summed E-state index contributed by atoms with van der Waals surface area (Å²) in [5.74, 6) is 1.12. The number of nitrogens with zero attached hydrogens (tertiary/aromatic N) is 5. The van der Waals surface area contributed by atoms with Crippen molar-refractivity contribution in [2.24, 2.45) is 0 Å². The first-order chi connectivity index (χ1) is 16.5. The molecule has 2 aliphatic heterocycles. The standard InChI is InChI=1S/C23H30F3N5O3S/c1-18-16-21(27-31(18)19-2-4-20(5-3-19)34-23(24,25)26)29-9-11-30(22(17-29)6-7-22)10-8-28-12-14-35(32,33)15-13-28/h2-5,16H,6-15,17H2,1H3. The minimum Gasteiger partial charge on any atom is -0.406 e. The Labute approximate surface area is 203 Å². The molecule has 1 aromatic heterocycles. The maximum atomic E-state index is 12.4. The van der Waals surface area contributed by atoms with Crippen LogP contribution < -0.4 is 9.64 Å². The number of aryl methyl sites for hydroxylation is 1. The van der Waals surface area contributed by atoms with Gasteiger partial charge in [-0.25, -0.2) is 13.1 Å². The topological polar surface area (TPSA) is 70.9 Å². The Hall–Kier alpha value is -2.31. The molecule has 1 aliphatic carbocycles. The van der Waals surface area contributed by atoms with Crippen LogP contribution in [0.5, 0.6) is 5.75 Å². The second-order valence-electron chi connectivity index (χ2n) is 9.72. The predicted octanol–water partition coefficient (Wildman–Crippen LogP) is 2.46. The second-order valence-corrected chi connectivity index (χ2v) is 12.0. The summed E-state index contributed by atoms with van der Waals surface area (Å²) in [6.45, 7) is 7.64. The van der Waals surface area contributed by atoms with Gasteiger partial charge in [0.1, 0.15) is 5.75 Å². The number of piperazine rings is 1. The molecule has 0 amide bonds. The molecule has 1 aromatic carbocycles. The number of ether oxygens (including phenoxy) is 1. The molecule has 35 heavy (non-hydrogen) atoms. The van der Waals surface area contributed by atoms with E-state index < -0.39 is 16.2 Å². The third-order valence-corrected chi connectivity index (χ3v) is 8.87. The van der Waals surface area contributed by atoms with Gasteiger partial charge in [0, 0.05) is 63.1 Å². The van der Waals surface area contributed by atoms with Gasteiger partial charge in [0.15, 0.2) is 15.7 Å². The molecule has 0 radical (unpaired) electrons. The molecular weight excluding hydrogens is 483 g/mol. The first-order valence-corrected chi connectivity index (χ1v) is 13.7. The molecule has 5 rings (SSSR count). The average Bonchev–Trinajstić information content (AvgIpc) is 3.44. The van der Waals surface area contributed by atoms with Gasteiger partial charge in [-0.15, -0.1) is 13.2 Å². The Morgan fingerprint density at radius 3 is 2.34 bits per heavy atom. The van der Waals surface area contributed by atoms with Crippen LogP contribution in [0.2, 0.25) is 0 Å². The molecule has 1 saturated carbocycles. The van der Waals surface area contributed by atoms with Crippen molar-refractivity contribution in [3.05, 3.63) is 36.0 Å². The van der Waals surface area contributed by atoms with Crippen LogP contribution in [0.25, 0.3) is 5.69 Å². The van der Waals surface area contributed by atoms with Gasteiger partial charge in [-0.3, -0.25) is 4.90 Å². The van der Waals surface area contributed by atoms with Crippen molar-refractivity contribution in [2.75, 3.05) is 62.2 Å². The monoisotopic (exact) mass is 513 g/mol. The number of benzene rings is 1. The predicted molar refractivity (Wildman–Crippen MR) is 126 cm³/mol. The fourth-order valence-corrected chi connectivity index (χ4v) is 6.35. The molecule has 0 bridgehead atoms. The zero-order chi connectivity index (χ0) is 24.8. The van der Waals surface area contributed by atoms with Crippen molar-refractivity contribution < 1.29 is 26.3 Å². The summed E-state index contributed by atoms with van der Waals surface area (Å²) in [6.07, 6.45) is -2.44.